The molecule has 0 bridgehead atoms. The summed E-state index contributed by atoms with van der Waals surface area (Å²) in [6.45, 7) is 6.67. The number of carbonyl (C=O) groups is 1. The molecule has 1 aliphatic heterocycles. The zero-order valence-corrected chi connectivity index (χ0v) is 18.7. The molecule has 176 valence electrons. The second kappa shape index (κ2) is 8.96. The lowest BCUT2D eigenvalue weighted by Gasteiger charge is -2.35. The van der Waals surface area contributed by atoms with Gasteiger partial charge in [-0.1, -0.05) is 12.1 Å². The molecule has 2 aromatic heterocycles. The average Bonchev–Trinajstić information content (AvgIpc) is 3.39. The van der Waals surface area contributed by atoms with E-state index in [0.29, 0.717) is 11.5 Å². The van der Waals surface area contributed by atoms with Crippen LogP contribution in [0.4, 0.5) is 14.5 Å². The number of ether oxygens (including phenoxy) is 1. The molecular formula is C24H24F2N6O2. The number of aromatic nitrogens is 4. The third kappa shape index (κ3) is 4.42. The fraction of sp³-hybridized carbons (Fsp3) is 0.292. The minimum absolute atomic E-state index is 0.190. The predicted molar refractivity (Wildman–Crippen MR) is 123 cm³/mol. The van der Waals surface area contributed by atoms with E-state index < -0.39 is 23.1 Å². The van der Waals surface area contributed by atoms with Crippen molar-refractivity contribution in [1.82, 2.24) is 25.1 Å². The Morgan fingerprint density at radius 2 is 1.91 bits per heavy atom. The van der Waals surface area contributed by atoms with Gasteiger partial charge in [-0.15, -0.1) is 0 Å². The van der Waals surface area contributed by atoms with Crippen LogP contribution >= 0.6 is 0 Å². The Morgan fingerprint density at radius 1 is 1.18 bits per heavy atom. The minimum atomic E-state index is -0.942. The molecule has 0 saturated carbocycles. The van der Waals surface area contributed by atoms with Crippen molar-refractivity contribution in [2.75, 3.05) is 18.4 Å². The Bertz CT molecular complexity index is 1320. The van der Waals surface area contributed by atoms with Crippen molar-refractivity contribution in [2.24, 2.45) is 0 Å². The Balaban J connectivity index is 1.37. The number of anilines is 1. The number of amides is 1. The maximum atomic E-state index is 14.0. The Hall–Kier alpha value is -3.63. The van der Waals surface area contributed by atoms with Gasteiger partial charge in [0.25, 0.3) is 5.91 Å². The summed E-state index contributed by atoms with van der Waals surface area (Å²) < 4.78 is 33.8. The predicted octanol–water partition coefficient (Wildman–Crippen LogP) is 4.09. The number of hydrogen-bond acceptors (Lipinski definition) is 5. The van der Waals surface area contributed by atoms with Crippen LogP contribution in [0.5, 0.6) is 0 Å². The second-order valence-corrected chi connectivity index (χ2v) is 8.59. The zero-order valence-electron chi connectivity index (χ0n) is 18.7. The highest BCUT2D eigenvalue weighted by atomic mass is 19.1. The van der Waals surface area contributed by atoms with E-state index in [2.05, 4.69) is 44.2 Å². The van der Waals surface area contributed by atoms with Gasteiger partial charge in [0.15, 0.2) is 11.5 Å². The summed E-state index contributed by atoms with van der Waals surface area (Å²) in [5.41, 5.74) is 2.61. The number of hydrogen-bond donors (Lipinski definition) is 3. The van der Waals surface area contributed by atoms with E-state index in [9.17, 15) is 13.6 Å². The van der Waals surface area contributed by atoms with Crippen LogP contribution < -0.4 is 5.32 Å². The molecule has 3 heterocycles. The van der Waals surface area contributed by atoms with E-state index in [-0.39, 0.29) is 17.9 Å². The first-order valence-corrected chi connectivity index (χ1v) is 11.0. The third-order valence-corrected chi connectivity index (χ3v) is 5.75. The highest BCUT2D eigenvalue weighted by Gasteiger charge is 2.23. The molecule has 1 amide bonds. The zero-order chi connectivity index (χ0) is 23.8. The van der Waals surface area contributed by atoms with Crippen LogP contribution in [0.2, 0.25) is 0 Å². The molecule has 3 N–H and O–H groups in total. The SMILES string of the molecule is C[C@@H]1CN(Cc2ccc3[nH]c(-c4n[nH]cc4NC(=O)c4c(F)cccc4F)nc3c2)C[C@H](C)O1. The molecule has 4 aromatic rings. The number of benzene rings is 2. The van der Waals surface area contributed by atoms with Crippen molar-refractivity contribution >= 4 is 22.6 Å². The van der Waals surface area contributed by atoms with E-state index in [1.807, 2.05) is 18.2 Å². The van der Waals surface area contributed by atoms with Crippen LogP contribution in [-0.4, -0.2) is 56.3 Å². The first kappa shape index (κ1) is 22.2. The maximum Gasteiger partial charge on any atom is 0.261 e. The topological polar surface area (TPSA) is 98.9 Å². The van der Waals surface area contributed by atoms with Crippen molar-refractivity contribution in [3.8, 4) is 11.5 Å². The number of imidazole rings is 1. The lowest BCUT2D eigenvalue weighted by atomic mass is 10.1. The number of H-pyrrole nitrogens is 2. The maximum absolute atomic E-state index is 14.0. The molecule has 2 atom stereocenters. The number of carbonyl (C=O) groups excluding carboxylic acids is 1. The summed E-state index contributed by atoms with van der Waals surface area (Å²) in [6.07, 6.45) is 1.82. The van der Waals surface area contributed by atoms with Gasteiger partial charge in [0.2, 0.25) is 0 Å². The van der Waals surface area contributed by atoms with Crippen LogP contribution in [-0.2, 0) is 11.3 Å². The monoisotopic (exact) mass is 466 g/mol. The van der Waals surface area contributed by atoms with Crippen molar-refractivity contribution in [3.63, 3.8) is 0 Å². The van der Waals surface area contributed by atoms with E-state index in [1.165, 1.54) is 12.3 Å². The van der Waals surface area contributed by atoms with E-state index in [0.717, 1.165) is 48.4 Å². The number of aromatic amines is 2. The van der Waals surface area contributed by atoms with Crippen LogP contribution in [0, 0.1) is 11.6 Å². The summed E-state index contributed by atoms with van der Waals surface area (Å²) >= 11 is 0. The molecule has 34 heavy (non-hydrogen) atoms. The molecule has 1 fully saturated rings. The van der Waals surface area contributed by atoms with Gasteiger partial charge in [0, 0.05) is 25.8 Å². The number of morpholine rings is 1. The van der Waals surface area contributed by atoms with Gasteiger partial charge in [0.05, 0.1) is 28.9 Å². The second-order valence-electron chi connectivity index (χ2n) is 8.59. The normalized spacial score (nSPS) is 18.9. The molecule has 10 heteroatoms. The molecule has 0 radical (unpaired) electrons. The van der Waals surface area contributed by atoms with Gasteiger partial charge in [-0.3, -0.25) is 14.8 Å². The van der Waals surface area contributed by atoms with Gasteiger partial charge in [-0.2, -0.15) is 5.10 Å². The van der Waals surface area contributed by atoms with Gasteiger partial charge in [-0.25, -0.2) is 13.8 Å². The van der Waals surface area contributed by atoms with Gasteiger partial charge in [0.1, 0.15) is 17.2 Å². The van der Waals surface area contributed by atoms with Crippen LogP contribution in [0.1, 0.15) is 29.8 Å². The lowest BCUT2D eigenvalue weighted by molar-refractivity contribution is -0.0704. The Kier molecular flexibility index (Phi) is 5.84. The number of fused-ring (bicyclic) bond motifs is 1. The smallest absolute Gasteiger partial charge is 0.261 e. The Morgan fingerprint density at radius 3 is 2.65 bits per heavy atom. The van der Waals surface area contributed by atoms with Crippen molar-refractivity contribution in [3.05, 3.63) is 65.4 Å². The summed E-state index contributed by atoms with van der Waals surface area (Å²) in [5, 5.41) is 9.35. The molecule has 0 unspecified atom stereocenters. The highest BCUT2D eigenvalue weighted by molar-refractivity contribution is 6.06. The quantitative estimate of drug-likeness (QED) is 0.412. The number of nitrogens with one attached hydrogen (secondary N) is 3. The fourth-order valence-corrected chi connectivity index (χ4v) is 4.40. The molecule has 2 aromatic carbocycles. The minimum Gasteiger partial charge on any atom is -0.373 e. The highest BCUT2D eigenvalue weighted by Crippen LogP contribution is 2.27. The van der Waals surface area contributed by atoms with Crippen LogP contribution in [0.25, 0.3) is 22.6 Å². The summed E-state index contributed by atoms with van der Waals surface area (Å²) in [5.74, 6) is -2.37. The molecule has 5 rings (SSSR count). The molecule has 1 saturated heterocycles. The molecule has 8 nitrogen and oxygen atoms in total. The number of rotatable bonds is 5. The number of nitrogens with zero attached hydrogens (tertiary/aromatic N) is 3. The van der Waals surface area contributed by atoms with Crippen molar-refractivity contribution in [2.45, 2.75) is 32.6 Å². The summed E-state index contributed by atoms with van der Waals surface area (Å²) in [4.78, 5) is 22.7. The first-order valence-electron chi connectivity index (χ1n) is 11.0. The summed E-state index contributed by atoms with van der Waals surface area (Å²) in [6, 6.07) is 9.28. The lowest BCUT2D eigenvalue weighted by Crippen LogP contribution is -2.44. The van der Waals surface area contributed by atoms with Gasteiger partial charge in [-0.05, 0) is 43.7 Å². The standard InChI is InChI=1S/C24H24F2N6O2/c1-13-10-32(11-14(2)34-13)12-15-6-7-18-19(8-15)29-23(28-18)22-20(9-27-31-22)30-24(33)21-16(25)4-3-5-17(21)26/h3-9,13-14H,10-12H2,1-2H3,(H,27,31)(H,28,29)(H,30,33)/t13-,14+. The molecule has 0 aliphatic carbocycles. The van der Waals surface area contributed by atoms with E-state index in [1.54, 1.807) is 0 Å². The largest absolute Gasteiger partial charge is 0.373 e. The van der Waals surface area contributed by atoms with Crippen molar-refractivity contribution in [1.29, 1.82) is 0 Å². The van der Waals surface area contributed by atoms with Gasteiger partial charge < -0.3 is 15.0 Å². The van der Waals surface area contributed by atoms with Crippen LogP contribution in [0.3, 0.4) is 0 Å². The number of halogens is 2. The Labute approximate surface area is 194 Å². The van der Waals surface area contributed by atoms with Crippen molar-refractivity contribution < 1.29 is 18.3 Å². The first-order chi connectivity index (χ1) is 16.4. The average molecular weight is 466 g/mol. The molecule has 1 aliphatic rings. The molecule has 0 spiro atoms. The fourth-order valence-electron chi connectivity index (χ4n) is 4.40. The molecular weight excluding hydrogens is 442 g/mol. The van der Waals surface area contributed by atoms with Crippen LogP contribution in [0.15, 0.2) is 42.6 Å². The third-order valence-electron chi connectivity index (χ3n) is 5.75. The van der Waals surface area contributed by atoms with E-state index >= 15 is 0 Å². The van der Waals surface area contributed by atoms with Gasteiger partial charge >= 0.3 is 0 Å². The van der Waals surface area contributed by atoms with E-state index in [4.69, 9.17) is 4.74 Å². The summed E-state index contributed by atoms with van der Waals surface area (Å²) in [7, 11) is 0.